The Morgan fingerprint density at radius 1 is 0.600 bits per heavy atom. The largest absolute Gasteiger partial charge is 0.322 e. The molecule has 0 fully saturated rings. The predicted molar refractivity (Wildman–Crippen MR) is 152 cm³/mol. The monoisotopic (exact) mass is 453 g/mol. The van der Waals surface area contributed by atoms with E-state index in [0.29, 0.717) is 0 Å². The summed E-state index contributed by atoms with van der Waals surface area (Å²) in [5, 5.41) is 7.91. The summed E-state index contributed by atoms with van der Waals surface area (Å²) in [7, 11) is 0. The molecule has 35 heavy (non-hydrogen) atoms. The number of unbranched alkanes of at least 4 members (excludes halogenated alkanes) is 1. The van der Waals surface area contributed by atoms with E-state index in [0.717, 1.165) is 12.8 Å². The van der Waals surface area contributed by atoms with Gasteiger partial charge in [0.15, 0.2) is 0 Å². The number of nitrogens with two attached hydrogens (primary N) is 1. The maximum absolute atomic E-state index is 6.66. The molecule has 0 aromatic heterocycles. The van der Waals surface area contributed by atoms with Gasteiger partial charge in [-0.2, -0.15) is 0 Å². The normalized spacial score (nSPS) is 13.6. The van der Waals surface area contributed by atoms with Crippen molar-refractivity contribution in [1.82, 2.24) is 0 Å². The highest BCUT2D eigenvalue weighted by molar-refractivity contribution is 6.27. The number of rotatable bonds is 6. The summed E-state index contributed by atoms with van der Waals surface area (Å²) in [6.45, 7) is 4.37. The third kappa shape index (κ3) is 3.68. The first kappa shape index (κ1) is 21.8. The molecule has 0 heterocycles. The molecule has 0 saturated carbocycles. The minimum absolute atomic E-state index is 0.287. The maximum atomic E-state index is 6.66. The third-order valence-electron chi connectivity index (χ3n) is 7.65. The third-order valence-corrected chi connectivity index (χ3v) is 7.65. The molecule has 1 atom stereocenters. The predicted octanol–water partition coefficient (Wildman–Crippen LogP) is 9.28. The first-order valence-corrected chi connectivity index (χ1v) is 12.7. The smallest absolute Gasteiger partial charge is 0.0381 e. The van der Waals surface area contributed by atoms with Crippen molar-refractivity contribution in [1.29, 1.82) is 0 Å². The van der Waals surface area contributed by atoms with Crippen LogP contribution >= 0.6 is 0 Å². The van der Waals surface area contributed by atoms with E-state index in [1.807, 2.05) is 0 Å². The maximum Gasteiger partial charge on any atom is 0.0381 e. The zero-order chi connectivity index (χ0) is 24.0. The van der Waals surface area contributed by atoms with Crippen LogP contribution in [0.4, 0.5) is 0 Å². The Balaban J connectivity index is 1.53. The van der Waals surface area contributed by atoms with Gasteiger partial charge in [-0.1, -0.05) is 123 Å². The molecular weight excluding hydrogens is 422 g/mol. The van der Waals surface area contributed by atoms with Crippen LogP contribution in [0.3, 0.4) is 0 Å². The quantitative estimate of drug-likeness (QED) is 0.250. The average Bonchev–Trinajstić information content (AvgIpc) is 2.91. The van der Waals surface area contributed by atoms with Gasteiger partial charge in [-0.25, -0.2) is 0 Å². The second kappa shape index (κ2) is 8.52. The van der Waals surface area contributed by atoms with E-state index in [-0.39, 0.29) is 5.54 Å². The van der Waals surface area contributed by atoms with Crippen LogP contribution < -0.4 is 5.73 Å². The van der Waals surface area contributed by atoms with Crippen molar-refractivity contribution in [2.75, 3.05) is 0 Å². The van der Waals surface area contributed by atoms with Crippen LogP contribution in [0.25, 0.3) is 54.6 Å². The van der Waals surface area contributed by atoms with Gasteiger partial charge in [0.2, 0.25) is 0 Å². The molecule has 0 aliphatic heterocycles. The minimum atomic E-state index is -0.287. The molecule has 2 N–H and O–H groups in total. The summed E-state index contributed by atoms with van der Waals surface area (Å²) in [5.41, 5.74) is 12.6. The highest BCUT2D eigenvalue weighted by Gasteiger charge is 2.20. The van der Waals surface area contributed by atoms with Crippen molar-refractivity contribution in [3.63, 3.8) is 0 Å². The lowest BCUT2D eigenvalue weighted by atomic mass is 9.85. The van der Waals surface area contributed by atoms with Crippen molar-refractivity contribution in [2.45, 2.75) is 38.6 Å². The lowest BCUT2D eigenvalue weighted by Gasteiger charge is -2.25. The molecule has 6 aromatic carbocycles. The molecule has 0 radical (unpaired) electrons. The van der Waals surface area contributed by atoms with E-state index < -0.39 is 0 Å². The van der Waals surface area contributed by atoms with Crippen LogP contribution in [0.2, 0.25) is 0 Å². The van der Waals surface area contributed by atoms with E-state index in [4.69, 9.17) is 5.73 Å². The minimum Gasteiger partial charge on any atom is -0.322 e. The molecule has 0 amide bonds. The Labute approximate surface area is 207 Å². The molecule has 6 aromatic rings. The molecule has 172 valence electrons. The fourth-order valence-corrected chi connectivity index (χ4v) is 5.64. The lowest BCUT2D eigenvalue weighted by molar-refractivity contribution is 0.433. The van der Waals surface area contributed by atoms with Crippen LogP contribution in [0.15, 0.2) is 103 Å². The van der Waals surface area contributed by atoms with Gasteiger partial charge < -0.3 is 5.73 Å². The van der Waals surface area contributed by atoms with Gasteiger partial charge in [-0.15, -0.1) is 0 Å². The zero-order valence-electron chi connectivity index (χ0n) is 20.5. The van der Waals surface area contributed by atoms with Crippen molar-refractivity contribution < 1.29 is 0 Å². The molecule has 1 nitrogen and oxygen atoms in total. The van der Waals surface area contributed by atoms with Crippen LogP contribution in [0.5, 0.6) is 0 Å². The Morgan fingerprint density at radius 2 is 1.11 bits per heavy atom. The first-order chi connectivity index (χ1) is 17.1. The summed E-state index contributed by atoms with van der Waals surface area (Å²) in [4.78, 5) is 0. The van der Waals surface area contributed by atoms with Gasteiger partial charge in [0.25, 0.3) is 0 Å². The Hall–Kier alpha value is -3.68. The van der Waals surface area contributed by atoms with E-state index in [2.05, 4.69) is 117 Å². The van der Waals surface area contributed by atoms with Gasteiger partial charge in [-0.05, 0) is 73.5 Å². The summed E-state index contributed by atoms with van der Waals surface area (Å²) in [6, 6.07) is 37.8. The molecule has 0 aliphatic rings. The molecule has 6 rings (SSSR count). The molecule has 1 unspecified atom stereocenters. The SMILES string of the molecule is CCCCC(C)(N)c1ccc(-c2ccc3ccc4c(-c5ccccc5)ccc5ccc2c3c54)cc1. The van der Waals surface area contributed by atoms with Gasteiger partial charge in [-0.3, -0.25) is 0 Å². The fourth-order valence-electron chi connectivity index (χ4n) is 5.64. The molecule has 0 aliphatic carbocycles. The number of hydrogen-bond acceptors (Lipinski definition) is 1. The van der Waals surface area contributed by atoms with Gasteiger partial charge in [0, 0.05) is 5.54 Å². The summed E-state index contributed by atoms with van der Waals surface area (Å²) < 4.78 is 0. The van der Waals surface area contributed by atoms with Gasteiger partial charge in [0.05, 0.1) is 0 Å². The van der Waals surface area contributed by atoms with Gasteiger partial charge in [0.1, 0.15) is 0 Å². The van der Waals surface area contributed by atoms with E-state index in [1.54, 1.807) is 0 Å². The molecular formula is C34H31N. The van der Waals surface area contributed by atoms with Crippen LogP contribution in [-0.2, 0) is 5.54 Å². The first-order valence-electron chi connectivity index (χ1n) is 12.7. The zero-order valence-corrected chi connectivity index (χ0v) is 20.5. The molecule has 0 bridgehead atoms. The van der Waals surface area contributed by atoms with E-state index >= 15 is 0 Å². The van der Waals surface area contributed by atoms with E-state index in [1.165, 1.54) is 66.6 Å². The lowest BCUT2D eigenvalue weighted by Crippen LogP contribution is -2.32. The molecule has 0 spiro atoms. The highest BCUT2D eigenvalue weighted by atomic mass is 14.7. The van der Waals surface area contributed by atoms with Gasteiger partial charge >= 0.3 is 0 Å². The summed E-state index contributed by atoms with van der Waals surface area (Å²) >= 11 is 0. The molecule has 0 saturated heterocycles. The topological polar surface area (TPSA) is 26.0 Å². The highest BCUT2D eigenvalue weighted by Crippen LogP contribution is 2.42. The number of hydrogen-bond donors (Lipinski definition) is 1. The second-order valence-electron chi connectivity index (χ2n) is 10.1. The van der Waals surface area contributed by atoms with Crippen molar-refractivity contribution in [2.24, 2.45) is 5.73 Å². The Bertz CT molecular complexity index is 1630. The summed E-state index contributed by atoms with van der Waals surface area (Å²) in [5.74, 6) is 0. The number of benzene rings is 6. The second-order valence-corrected chi connectivity index (χ2v) is 10.1. The van der Waals surface area contributed by atoms with E-state index in [9.17, 15) is 0 Å². The van der Waals surface area contributed by atoms with Crippen molar-refractivity contribution in [3.05, 3.63) is 109 Å². The van der Waals surface area contributed by atoms with Crippen LogP contribution in [0, 0.1) is 0 Å². The van der Waals surface area contributed by atoms with Crippen molar-refractivity contribution in [3.8, 4) is 22.3 Å². The Morgan fingerprint density at radius 3 is 1.66 bits per heavy atom. The summed E-state index contributed by atoms with van der Waals surface area (Å²) in [6.07, 6.45) is 3.32. The van der Waals surface area contributed by atoms with Crippen LogP contribution in [-0.4, -0.2) is 0 Å². The Kier molecular flexibility index (Phi) is 5.31. The average molecular weight is 454 g/mol. The van der Waals surface area contributed by atoms with Crippen LogP contribution in [0.1, 0.15) is 38.7 Å². The van der Waals surface area contributed by atoms with Crippen molar-refractivity contribution >= 4 is 32.3 Å². The molecule has 1 heteroatoms. The standard InChI is InChI=1S/C34H31N/c1-3-4-22-34(2,35)27-16-10-24(11-17-27)29-19-13-26-14-20-30-28(23-8-6-5-7-9-23)18-12-25-15-21-31(29)33(26)32(25)30/h5-21H,3-4,22,35H2,1-2H3. The fraction of sp³-hybridized carbons (Fsp3) is 0.176.